The van der Waals surface area contributed by atoms with Crippen molar-refractivity contribution in [3.8, 4) is 0 Å². The van der Waals surface area contributed by atoms with Gasteiger partial charge in [0.25, 0.3) is 5.91 Å². The molecule has 102 valence electrons. The molecule has 0 aliphatic carbocycles. The molecule has 0 spiro atoms. The van der Waals surface area contributed by atoms with Gasteiger partial charge in [-0.05, 0) is 13.3 Å². The van der Waals surface area contributed by atoms with Gasteiger partial charge in [0.1, 0.15) is 5.69 Å². The first-order valence-corrected chi connectivity index (χ1v) is 5.83. The second kappa shape index (κ2) is 6.97. The monoisotopic (exact) mass is 256 g/mol. The lowest BCUT2D eigenvalue weighted by atomic mass is 10.3. The summed E-state index contributed by atoms with van der Waals surface area (Å²) in [5, 5.41) is 15.3. The average Bonchev–Trinajstić information content (AvgIpc) is 2.58. The standard InChI is InChI=1S/C11H20N4O3/c1-8-9(12)10(15(2)14-8)11(17)13-4-3-6-18-7-5-16/h16H,3-7,12H2,1-2H3,(H,13,17). The van der Waals surface area contributed by atoms with Crippen LogP contribution in [-0.4, -0.2) is 47.2 Å². The van der Waals surface area contributed by atoms with E-state index in [0.29, 0.717) is 43.3 Å². The van der Waals surface area contributed by atoms with Crippen LogP contribution in [-0.2, 0) is 11.8 Å². The molecule has 0 aliphatic rings. The van der Waals surface area contributed by atoms with Gasteiger partial charge in [-0.15, -0.1) is 0 Å². The lowest BCUT2D eigenvalue weighted by Crippen LogP contribution is -2.28. The number of nitrogens with two attached hydrogens (primary N) is 1. The number of hydrogen-bond donors (Lipinski definition) is 3. The van der Waals surface area contributed by atoms with E-state index in [4.69, 9.17) is 15.6 Å². The summed E-state index contributed by atoms with van der Waals surface area (Å²) < 4.78 is 6.55. The van der Waals surface area contributed by atoms with Gasteiger partial charge in [0.2, 0.25) is 0 Å². The minimum atomic E-state index is -0.238. The molecule has 1 amide bonds. The first-order valence-electron chi connectivity index (χ1n) is 5.83. The normalized spacial score (nSPS) is 10.6. The number of carbonyl (C=O) groups is 1. The lowest BCUT2D eigenvalue weighted by Gasteiger charge is -2.06. The van der Waals surface area contributed by atoms with Crippen molar-refractivity contribution < 1.29 is 14.6 Å². The Kier molecular flexibility index (Phi) is 5.60. The van der Waals surface area contributed by atoms with Gasteiger partial charge in [0.15, 0.2) is 0 Å². The van der Waals surface area contributed by atoms with Gasteiger partial charge in [-0.3, -0.25) is 9.48 Å². The average molecular weight is 256 g/mol. The van der Waals surface area contributed by atoms with Crippen molar-refractivity contribution in [2.75, 3.05) is 32.1 Å². The van der Waals surface area contributed by atoms with E-state index in [1.165, 1.54) is 4.68 Å². The minimum absolute atomic E-state index is 0.0111. The predicted octanol–water partition coefficient (Wildman–Crippen LogP) is -0.560. The highest BCUT2D eigenvalue weighted by Crippen LogP contribution is 2.14. The molecule has 0 bridgehead atoms. The summed E-state index contributed by atoms with van der Waals surface area (Å²) in [6.45, 7) is 3.09. The van der Waals surface area contributed by atoms with Crippen LogP contribution in [0, 0.1) is 6.92 Å². The Labute approximate surface area is 106 Å². The Morgan fingerprint density at radius 3 is 2.83 bits per heavy atom. The molecule has 0 aliphatic heterocycles. The number of aryl methyl sites for hydroxylation is 2. The molecule has 1 aromatic heterocycles. The number of ether oxygens (including phenoxy) is 1. The van der Waals surface area contributed by atoms with Crippen LogP contribution in [0.5, 0.6) is 0 Å². The summed E-state index contributed by atoms with van der Waals surface area (Å²) in [5.41, 5.74) is 7.21. The number of hydrogen-bond acceptors (Lipinski definition) is 5. The van der Waals surface area contributed by atoms with Crippen molar-refractivity contribution in [2.45, 2.75) is 13.3 Å². The molecule has 18 heavy (non-hydrogen) atoms. The maximum absolute atomic E-state index is 11.9. The van der Waals surface area contributed by atoms with Gasteiger partial charge in [0.05, 0.1) is 24.6 Å². The smallest absolute Gasteiger partial charge is 0.271 e. The Morgan fingerprint density at radius 2 is 2.28 bits per heavy atom. The lowest BCUT2D eigenvalue weighted by molar-refractivity contribution is 0.0864. The van der Waals surface area contributed by atoms with Crippen LogP contribution in [0.25, 0.3) is 0 Å². The number of carbonyl (C=O) groups excluding carboxylic acids is 1. The van der Waals surface area contributed by atoms with E-state index in [0.717, 1.165) is 0 Å². The zero-order valence-electron chi connectivity index (χ0n) is 10.8. The largest absolute Gasteiger partial charge is 0.395 e. The minimum Gasteiger partial charge on any atom is -0.395 e. The molecular formula is C11H20N4O3. The van der Waals surface area contributed by atoms with Crippen molar-refractivity contribution >= 4 is 11.6 Å². The number of rotatable bonds is 7. The molecule has 0 unspecified atom stereocenters. The van der Waals surface area contributed by atoms with E-state index in [9.17, 15) is 4.79 Å². The molecule has 7 nitrogen and oxygen atoms in total. The van der Waals surface area contributed by atoms with Crippen LogP contribution in [0.15, 0.2) is 0 Å². The zero-order valence-corrected chi connectivity index (χ0v) is 10.8. The van der Waals surface area contributed by atoms with Gasteiger partial charge in [-0.1, -0.05) is 0 Å². The van der Waals surface area contributed by atoms with Gasteiger partial charge in [0, 0.05) is 20.2 Å². The van der Waals surface area contributed by atoms with E-state index in [2.05, 4.69) is 10.4 Å². The highest BCUT2D eigenvalue weighted by molar-refractivity contribution is 5.97. The summed E-state index contributed by atoms with van der Waals surface area (Å²) in [7, 11) is 1.68. The molecule has 0 radical (unpaired) electrons. The van der Waals surface area contributed by atoms with E-state index >= 15 is 0 Å². The number of amides is 1. The van der Waals surface area contributed by atoms with Gasteiger partial charge < -0.3 is 20.9 Å². The molecule has 0 saturated carbocycles. The van der Waals surface area contributed by atoms with Crippen molar-refractivity contribution in [1.82, 2.24) is 15.1 Å². The first-order chi connectivity index (χ1) is 8.57. The fourth-order valence-corrected chi connectivity index (χ4v) is 1.57. The fourth-order valence-electron chi connectivity index (χ4n) is 1.57. The van der Waals surface area contributed by atoms with E-state index in [1.54, 1.807) is 14.0 Å². The molecule has 7 heteroatoms. The highest BCUT2D eigenvalue weighted by atomic mass is 16.5. The SMILES string of the molecule is Cc1nn(C)c(C(=O)NCCCOCCO)c1N. The zero-order chi connectivity index (χ0) is 13.5. The molecule has 0 aromatic carbocycles. The number of aliphatic hydroxyl groups excluding tert-OH is 1. The summed E-state index contributed by atoms with van der Waals surface area (Å²) >= 11 is 0. The molecule has 1 rings (SSSR count). The molecule has 1 heterocycles. The molecule has 0 fully saturated rings. The van der Waals surface area contributed by atoms with Gasteiger partial charge in [-0.25, -0.2) is 0 Å². The van der Waals surface area contributed by atoms with Crippen molar-refractivity contribution in [2.24, 2.45) is 7.05 Å². The topological polar surface area (TPSA) is 102 Å². The Bertz CT molecular complexity index is 403. The molecular weight excluding hydrogens is 236 g/mol. The third-order valence-electron chi connectivity index (χ3n) is 2.47. The van der Waals surface area contributed by atoms with E-state index in [1.807, 2.05) is 0 Å². The van der Waals surface area contributed by atoms with Crippen LogP contribution >= 0.6 is 0 Å². The summed E-state index contributed by atoms with van der Waals surface area (Å²) in [6.07, 6.45) is 0.683. The molecule has 1 aromatic rings. The number of aliphatic hydroxyl groups is 1. The van der Waals surface area contributed by atoms with Crippen LogP contribution in [0.1, 0.15) is 22.6 Å². The van der Waals surface area contributed by atoms with E-state index in [-0.39, 0.29) is 12.5 Å². The maximum Gasteiger partial charge on any atom is 0.271 e. The summed E-state index contributed by atoms with van der Waals surface area (Å²) in [5.74, 6) is -0.238. The van der Waals surface area contributed by atoms with E-state index < -0.39 is 0 Å². The fraction of sp³-hybridized carbons (Fsp3) is 0.636. The van der Waals surface area contributed by atoms with Crippen molar-refractivity contribution in [1.29, 1.82) is 0 Å². The van der Waals surface area contributed by atoms with Crippen molar-refractivity contribution in [3.63, 3.8) is 0 Å². The molecule has 0 saturated heterocycles. The number of nitrogen functional groups attached to an aromatic ring is 1. The van der Waals surface area contributed by atoms with Crippen molar-refractivity contribution in [3.05, 3.63) is 11.4 Å². The van der Waals surface area contributed by atoms with Gasteiger partial charge >= 0.3 is 0 Å². The Morgan fingerprint density at radius 1 is 1.56 bits per heavy atom. The second-order valence-corrected chi connectivity index (χ2v) is 3.92. The summed E-state index contributed by atoms with van der Waals surface area (Å²) in [4.78, 5) is 11.9. The van der Waals surface area contributed by atoms with Gasteiger partial charge in [-0.2, -0.15) is 5.10 Å². The number of nitrogens with one attached hydrogen (secondary N) is 1. The third kappa shape index (κ3) is 3.71. The highest BCUT2D eigenvalue weighted by Gasteiger charge is 2.16. The third-order valence-corrected chi connectivity index (χ3v) is 2.47. The molecule has 4 N–H and O–H groups in total. The predicted molar refractivity (Wildman–Crippen MR) is 67.2 cm³/mol. The van der Waals surface area contributed by atoms with Crippen LogP contribution in [0.2, 0.25) is 0 Å². The number of nitrogens with zero attached hydrogens (tertiary/aromatic N) is 2. The first kappa shape index (κ1) is 14.5. The van der Waals surface area contributed by atoms with Crippen LogP contribution in [0.3, 0.4) is 0 Å². The quantitative estimate of drug-likeness (QED) is 0.567. The second-order valence-electron chi connectivity index (χ2n) is 3.92. The van der Waals surface area contributed by atoms with Crippen LogP contribution < -0.4 is 11.1 Å². The Hall–Kier alpha value is -1.60. The maximum atomic E-state index is 11.9. The number of anilines is 1. The molecule has 0 atom stereocenters. The number of aromatic nitrogens is 2. The summed E-state index contributed by atoms with van der Waals surface area (Å²) in [6, 6.07) is 0. The Balaban J connectivity index is 2.37. The van der Waals surface area contributed by atoms with Crippen LogP contribution in [0.4, 0.5) is 5.69 Å².